The maximum atomic E-state index is 13.2. The van der Waals surface area contributed by atoms with Crippen molar-refractivity contribution < 1.29 is 27.7 Å². The fourth-order valence-electron chi connectivity index (χ4n) is 4.01. The van der Waals surface area contributed by atoms with E-state index in [0.29, 0.717) is 0 Å². The van der Waals surface area contributed by atoms with Crippen LogP contribution in [-0.2, 0) is 30.8 Å². The fraction of sp³-hybridized carbons (Fsp3) is 0.440. The summed E-state index contributed by atoms with van der Waals surface area (Å²) in [6.07, 6.45) is 0.207. The van der Waals surface area contributed by atoms with E-state index in [0.717, 1.165) is 33.1 Å². The highest BCUT2D eigenvalue weighted by Gasteiger charge is 2.41. The second kappa shape index (κ2) is 10.4. The van der Waals surface area contributed by atoms with E-state index in [-0.39, 0.29) is 19.5 Å². The number of para-hydroxylation sites is 1. The molecule has 1 aliphatic rings. The number of rotatable bonds is 7. The van der Waals surface area contributed by atoms with E-state index in [2.05, 4.69) is 0 Å². The molecular weight excluding hydrogens is 486 g/mol. The topological polar surface area (TPSA) is 127 Å². The molecule has 2 aromatic carbocycles. The van der Waals surface area contributed by atoms with E-state index in [1.807, 2.05) is 32.0 Å². The van der Waals surface area contributed by atoms with Crippen LogP contribution in [0.1, 0.15) is 37.5 Å². The zero-order valence-corrected chi connectivity index (χ0v) is 21.9. The van der Waals surface area contributed by atoms with Crippen molar-refractivity contribution in [3.05, 3.63) is 69.3 Å². The van der Waals surface area contributed by atoms with E-state index in [1.54, 1.807) is 20.8 Å². The van der Waals surface area contributed by atoms with Gasteiger partial charge in [-0.05, 0) is 57.4 Å². The summed E-state index contributed by atoms with van der Waals surface area (Å²) in [7, 11) is -4.31. The number of hydrogen-bond acceptors (Lipinski definition) is 7. The number of nitrogens with zero attached hydrogens (tertiary/aromatic N) is 3. The molecule has 0 aromatic heterocycles. The highest BCUT2D eigenvalue weighted by atomic mass is 32.2. The molecule has 0 spiro atoms. The van der Waals surface area contributed by atoms with Gasteiger partial charge in [0.1, 0.15) is 11.6 Å². The first-order chi connectivity index (χ1) is 16.7. The van der Waals surface area contributed by atoms with Crippen molar-refractivity contribution in [2.24, 2.45) is 0 Å². The molecule has 1 amide bonds. The molecule has 194 valence electrons. The van der Waals surface area contributed by atoms with Crippen molar-refractivity contribution >= 4 is 27.6 Å². The first-order valence-corrected chi connectivity index (χ1v) is 13.0. The number of sulfonamides is 1. The van der Waals surface area contributed by atoms with Crippen LogP contribution in [0.3, 0.4) is 0 Å². The largest absolute Gasteiger partial charge is 0.458 e. The molecule has 10 nitrogen and oxygen atoms in total. The second-order valence-corrected chi connectivity index (χ2v) is 11.7. The summed E-state index contributed by atoms with van der Waals surface area (Å²) in [5.41, 5.74) is 1.64. The molecule has 3 rings (SSSR count). The number of nitro groups is 1. The Kier molecular flexibility index (Phi) is 7.85. The predicted molar refractivity (Wildman–Crippen MR) is 133 cm³/mol. The minimum atomic E-state index is -4.31. The summed E-state index contributed by atoms with van der Waals surface area (Å²) in [6.45, 7) is 8.41. The Labute approximate surface area is 211 Å². The van der Waals surface area contributed by atoms with Crippen molar-refractivity contribution in [3.8, 4) is 0 Å². The number of ether oxygens (including phenoxy) is 1. The average molecular weight is 518 g/mol. The van der Waals surface area contributed by atoms with Crippen LogP contribution < -0.4 is 0 Å². The number of carbonyl (C=O) groups excluding carboxylic acids is 2. The highest BCUT2D eigenvalue weighted by molar-refractivity contribution is 7.89. The van der Waals surface area contributed by atoms with Gasteiger partial charge < -0.3 is 9.64 Å². The average Bonchev–Trinajstić information content (AvgIpc) is 2.78. The lowest BCUT2D eigenvalue weighted by Crippen LogP contribution is -2.58. The molecule has 0 saturated carbocycles. The maximum Gasteiger partial charge on any atom is 0.329 e. The van der Waals surface area contributed by atoms with E-state index in [4.69, 9.17) is 4.74 Å². The Morgan fingerprint density at radius 2 is 1.78 bits per heavy atom. The molecule has 0 radical (unpaired) electrons. The van der Waals surface area contributed by atoms with E-state index in [1.165, 1.54) is 17.0 Å². The molecule has 1 saturated heterocycles. The van der Waals surface area contributed by atoms with Crippen LogP contribution in [0.15, 0.2) is 47.4 Å². The predicted octanol–water partition coefficient (Wildman–Crippen LogP) is 3.00. The van der Waals surface area contributed by atoms with Gasteiger partial charge >= 0.3 is 5.97 Å². The smallest absolute Gasteiger partial charge is 0.329 e. The summed E-state index contributed by atoms with van der Waals surface area (Å²) in [5, 5.41) is 11.4. The Balaban J connectivity index is 1.88. The summed E-state index contributed by atoms with van der Waals surface area (Å²) in [4.78, 5) is 37.8. The standard InChI is InChI=1S/C25H31N3O7S/c1-17-10-11-19(14-18(17)2)15-21(24(30)35-25(3,4)5)27-13-12-26(16-23(27)29)36(33,34)22-9-7-6-8-20(22)28(31)32/h6-11,14,21H,12-13,15-16H2,1-5H3/t21-/m0/s1. The lowest BCUT2D eigenvalue weighted by Gasteiger charge is -2.38. The Bertz CT molecular complexity index is 1280. The highest BCUT2D eigenvalue weighted by Crippen LogP contribution is 2.28. The molecule has 36 heavy (non-hydrogen) atoms. The van der Waals surface area contributed by atoms with Crippen LogP contribution in [0, 0.1) is 24.0 Å². The number of amides is 1. The summed E-state index contributed by atoms with van der Waals surface area (Å²) in [6, 6.07) is 9.84. The number of nitro benzene ring substituents is 1. The molecule has 1 heterocycles. The van der Waals surface area contributed by atoms with Crippen LogP contribution in [0.5, 0.6) is 0 Å². The van der Waals surface area contributed by atoms with Crippen LogP contribution in [-0.4, -0.2) is 65.7 Å². The van der Waals surface area contributed by atoms with Gasteiger partial charge in [-0.1, -0.05) is 30.3 Å². The maximum absolute atomic E-state index is 13.2. The van der Waals surface area contributed by atoms with Gasteiger partial charge in [-0.3, -0.25) is 14.9 Å². The van der Waals surface area contributed by atoms with Gasteiger partial charge in [0.25, 0.3) is 5.69 Å². The molecule has 1 atom stereocenters. The Hall–Kier alpha value is -3.31. The minimum Gasteiger partial charge on any atom is -0.458 e. The van der Waals surface area contributed by atoms with Gasteiger partial charge in [0, 0.05) is 25.6 Å². The second-order valence-electron chi connectivity index (χ2n) is 9.82. The normalized spacial score (nSPS) is 16.0. The number of aryl methyl sites for hydroxylation is 2. The third kappa shape index (κ3) is 6.08. The van der Waals surface area contributed by atoms with Crippen molar-refractivity contribution in [2.75, 3.05) is 19.6 Å². The number of esters is 1. The zero-order chi connectivity index (χ0) is 26.8. The monoisotopic (exact) mass is 517 g/mol. The Morgan fingerprint density at radius 1 is 1.11 bits per heavy atom. The zero-order valence-electron chi connectivity index (χ0n) is 21.1. The van der Waals surface area contributed by atoms with Gasteiger partial charge in [0.05, 0.1) is 11.5 Å². The summed E-state index contributed by atoms with van der Waals surface area (Å²) < 4.78 is 32.9. The van der Waals surface area contributed by atoms with Crippen LogP contribution in [0.25, 0.3) is 0 Å². The number of carbonyl (C=O) groups is 2. The third-order valence-electron chi connectivity index (χ3n) is 5.96. The van der Waals surface area contributed by atoms with Gasteiger partial charge in [-0.15, -0.1) is 0 Å². The molecule has 11 heteroatoms. The molecule has 0 bridgehead atoms. The SMILES string of the molecule is Cc1ccc(C[C@@H](C(=O)OC(C)(C)C)N2CCN(S(=O)(=O)c3ccccc3[N+](=O)[O-])CC2=O)cc1C. The minimum absolute atomic E-state index is 0.0621. The van der Waals surface area contributed by atoms with E-state index in [9.17, 15) is 28.1 Å². The fourth-order valence-corrected chi connectivity index (χ4v) is 5.55. The van der Waals surface area contributed by atoms with Gasteiger partial charge in [0.2, 0.25) is 15.9 Å². The summed E-state index contributed by atoms with van der Waals surface area (Å²) in [5.74, 6) is -1.16. The van der Waals surface area contributed by atoms with Crippen molar-refractivity contribution in [2.45, 2.75) is 57.6 Å². The first-order valence-electron chi connectivity index (χ1n) is 11.5. The number of piperazine rings is 1. The van der Waals surface area contributed by atoms with Crippen molar-refractivity contribution in [3.63, 3.8) is 0 Å². The molecule has 0 unspecified atom stereocenters. The quantitative estimate of drug-likeness (QED) is 0.314. The molecule has 0 N–H and O–H groups in total. The van der Waals surface area contributed by atoms with Crippen LogP contribution >= 0.6 is 0 Å². The van der Waals surface area contributed by atoms with E-state index < -0.39 is 55.6 Å². The van der Waals surface area contributed by atoms with Gasteiger partial charge in [-0.2, -0.15) is 4.31 Å². The van der Waals surface area contributed by atoms with Gasteiger partial charge in [-0.25, -0.2) is 13.2 Å². The van der Waals surface area contributed by atoms with Crippen molar-refractivity contribution in [1.82, 2.24) is 9.21 Å². The molecule has 0 aliphatic carbocycles. The molecule has 1 fully saturated rings. The van der Waals surface area contributed by atoms with Crippen molar-refractivity contribution in [1.29, 1.82) is 0 Å². The lowest BCUT2D eigenvalue weighted by molar-refractivity contribution is -0.387. The lowest BCUT2D eigenvalue weighted by atomic mass is 9.99. The molecule has 1 aliphatic heterocycles. The number of hydrogen-bond donors (Lipinski definition) is 0. The first kappa shape index (κ1) is 27.3. The summed E-state index contributed by atoms with van der Waals surface area (Å²) >= 11 is 0. The molecule has 2 aromatic rings. The third-order valence-corrected chi connectivity index (χ3v) is 7.85. The molecular formula is C25H31N3O7S. The van der Waals surface area contributed by atoms with Crippen LogP contribution in [0.2, 0.25) is 0 Å². The van der Waals surface area contributed by atoms with E-state index >= 15 is 0 Å². The van der Waals surface area contributed by atoms with Gasteiger partial charge in [0.15, 0.2) is 4.90 Å². The number of benzene rings is 2. The van der Waals surface area contributed by atoms with Crippen LogP contribution in [0.4, 0.5) is 5.69 Å². The Morgan fingerprint density at radius 3 is 2.36 bits per heavy atom.